The number of carboxylic acids is 1. The molecule has 5 heteroatoms. The molecule has 0 aliphatic rings. The number of aliphatic carboxylic acids is 1. The van der Waals surface area contributed by atoms with Gasteiger partial charge in [-0.25, -0.2) is 0 Å². The minimum Gasteiger partial charge on any atom is -0.481 e. The van der Waals surface area contributed by atoms with Crippen LogP contribution in [-0.4, -0.2) is 14.9 Å². The average Bonchev–Trinajstić information content (AvgIpc) is 1.60. The molecule has 1 unspecified atom stereocenters. The van der Waals surface area contributed by atoms with E-state index < -0.39 is 15.7 Å². The maximum Gasteiger partial charge on any atom is 0.306 e. The van der Waals surface area contributed by atoms with Gasteiger partial charge in [-0.15, -0.1) is 0 Å². The van der Waals surface area contributed by atoms with Crippen LogP contribution in [0.2, 0.25) is 0 Å². The predicted octanol–water partition coefficient (Wildman–Crippen LogP) is 2.47. The van der Waals surface area contributed by atoms with Gasteiger partial charge in [0, 0.05) is 6.42 Å². The van der Waals surface area contributed by atoms with Gasteiger partial charge >= 0.3 is 5.97 Å². The number of halogens is 3. The van der Waals surface area contributed by atoms with E-state index in [1.165, 1.54) is 6.92 Å². The van der Waals surface area contributed by atoms with E-state index in [1.54, 1.807) is 0 Å². The molecule has 0 spiro atoms. The summed E-state index contributed by atoms with van der Waals surface area (Å²) in [4.78, 5) is 10.2. The summed E-state index contributed by atoms with van der Waals surface area (Å²) in [5, 5.41) is 8.37. The highest BCUT2D eigenvalue weighted by molar-refractivity contribution is 6.67. The molecule has 1 atom stereocenters. The molecule has 0 radical (unpaired) electrons. The van der Waals surface area contributed by atoms with Crippen LogP contribution in [0.1, 0.15) is 13.3 Å². The van der Waals surface area contributed by atoms with E-state index in [-0.39, 0.29) is 6.42 Å². The molecule has 0 amide bonds. The lowest BCUT2D eigenvalue weighted by atomic mass is 10.1. The molecule has 0 bridgehead atoms. The van der Waals surface area contributed by atoms with Crippen molar-refractivity contribution in [1.29, 1.82) is 0 Å². The van der Waals surface area contributed by atoms with E-state index >= 15 is 0 Å². The first-order valence-electron chi connectivity index (χ1n) is 2.62. The molecular formula is C5H7Cl3O2. The monoisotopic (exact) mass is 204 g/mol. The Hall–Kier alpha value is 0.340. The maximum atomic E-state index is 10.2. The normalized spacial score (nSPS) is 14.8. The Balaban J connectivity index is 3.80. The SMILES string of the molecule is CC(CC(Cl)(Cl)Cl)C(=O)O. The van der Waals surface area contributed by atoms with Crippen LogP contribution >= 0.6 is 34.8 Å². The van der Waals surface area contributed by atoms with Gasteiger partial charge in [-0.2, -0.15) is 0 Å². The highest BCUT2D eigenvalue weighted by Gasteiger charge is 2.26. The first kappa shape index (κ1) is 10.3. The molecule has 0 aliphatic carbocycles. The highest BCUT2D eigenvalue weighted by atomic mass is 35.6. The van der Waals surface area contributed by atoms with Gasteiger partial charge in [0.1, 0.15) is 0 Å². The molecule has 0 fully saturated rings. The second-order valence-electron chi connectivity index (χ2n) is 2.06. The van der Waals surface area contributed by atoms with Gasteiger partial charge in [0.2, 0.25) is 0 Å². The Kier molecular flexibility index (Phi) is 3.77. The third-order valence-corrected chi connectivity index (χ3v) is 1.42. The molecule has 10 heavy (non-hydrogen) atoms. The lowest BCUT2D eigenvalue weighted by Gasteiger charge is -2.12. The van der Waals surface area contributed by atoms with Crippen LogP contribution in [0.5, 0.6) is 0 Å². The maximum absolute atomic E-state index is 10.2. The molecule has 1 N–H and O–H groups in total. The summed E-state index contributed by atoms with van der Waals surface area (Å²) in [6, 6.07) is 0. The fourth-order valence-electron chi connectivity index (χ4n) is 0.434. The van der Waals surface area contributed by atoms with Crippen molar-refractivity contribution < 1.29 is 9.90 Å². The van der Waals surface area contributed by atoms with Crippen LogP contribution in [0.25, 0.3) is 0 Å². The Bertz CT molecular complexity index is 129. The minimum atomic E-state index is -1.46. The zero-order chi connectivity index (χ0) is 8.36. The van der Waals surface area contributed by atoms with E-state index in [2.05, 4.69) is 0 Å². The molecule has 0 saturated carbocycles. The van der Waals surface area contributed by atoms with E-state index in [9.17, 15) is 4.79 Å². The Labute approximate surface area is 74.1 Å². The zero-order valence-corrected chi connectivity index (χ0v) is 7.54. The van der Waals surface area contributed by atoms with E-state index in [0.29, 0.717) is 0 Å². The number of carboxylic acid groups (broad SMARTS) is 1. The van der Waals surface area contributed by atoms with Crippen LogP contribution in [0, 0.1) is 5.92 Å². The Morgan fingerprint density at radius 2 is 2.00 bits per heavy atom. The predicted molar refractivity (Wildman–Crippen MR) is 41.7 cm³/mol. The fourth-order valence-corrected chi connectivity index (χ4v) is 1.13. The fraction of sp³-hybridized carbons (Fsp3) is 0.800. The number of rotatable bonds is 2. The van der Waals surface area contributed by atoms with Crippen LogP contribution in [0.4, 0.5) is 0 Å². The van der Waals surface area contributed by atoms with Crippen LogP contribution in [0.15, 0.2) is 0 Å². The smallest absolute Gasteiger partial charge is 0.306 e. The minimum absolute atomic E-state index is 0.0347. The molecule has 0 aromatic heterocycles. The zero-order valence-electron chi connectivity index (χ0n) is 5.27. The van der Waals surface area contributed by atoms with Crippen molar-refractivity contribution in [2.75, 3.05) is 0 Å². The number of hydrogen-bond acceptors (Lipinski definition) is 1. The quantitative estimate of drug-likeness (QED) is 0.703. The van der Waals surface area contributed by atoms with Crippen molar-refractivity contribution in [3.05, 3.63) is 0 Å². The summed E-state index contributed by atoms with van der Waals surface area (Å²) >= 11 is 16.0. The molecule has 2 nitrogen and oxygen atoms in total. The second kappa shape index (κ2) is 3.65. The molecular weight excluding hydrogens is 198 g/mol. The third kappa shape index (κ3) is 5.15. The van der Waals surface area contributed by atoms with Crippen molar-refractivity contribution in [3.63, 3.8) is 0 Å². The van der Waals surface area contributed by atoms with Crippen molar-refractivity contribution in [2.24, 2.45) is 5.92 Å². The molecule has 0 aromatic carbocycles. The molecule has 0 aliphatic heterocycles. The first-order chi connectivity index (χ1) is 4.33. The van der Waals surface area contributed by atoms with E-state index in [0.717, 1.165) is 0 Å². The van der Waals surface area contributed by atoms with Crippen molar-refractivity contribution in [2.45, 2.75) is 17.1 Å². The lowest BCUT2D eigenvalue weighted by molar-refractivity contribution is -0.141. The molecule has 60 valence electrons. The summed E-state index contributed by atoms with van der Waals surface area (Å²) in [6.45, 7) is 1.49. The lowest BCUT2D eigenvalue weighted by Crippen LogP contribution is -2.16. The number of alkyl halides is 3. The van der Waals surface area contributed by atoms with Gasteiger partial charge in [0.05, 0.1) is 5.92 Å². The number of hydrogen-bond donors (Lipinski definition) is 1. The summed E-state index contributed by atoms with van der Waals surface area (Å²) in [7, 11) is 0. The van der Waals surface area contributed by atoms with Crippen molar-refractivity contribution in [1.82, 2.24) is 0 Å². The van der Waals surface area contributed by atoms with Crippen LogP contribution in [0.3, 0.4) is 0 Å². The highest BCUT2D eigenvalue weighted by Crippen LogP contribution is 2.33. The first-order valence-corrected chi connectivity index (χ1v) is 3.76. The van der Waals surface area contributed by atoms with Crippen molar-refractivity contribution >= 4 is 40.8 Å². The summed E-state index contributed by atoms with van der Waals surface area (Å²) in [5.74, 6) is -1.57. The number of carbonyl (C=O) groups is 1. The molecule has 0 rings (SSSR count). The topological polar surface area (TPSA) is 37.3 Å². The largest absolute Gasteiger partial charge is 0.481 e. The second-order valence-corrected chi connectivity index (χ2v) is 4.57. The van der Waals surface area contributed by atoms with E-state index in [4.69, 9.17) is 39.9 Å². The van der Waals surface area contributed by atoms with Crippen LogP contribution < -0.4 is 0 Å². The molecule has 0 saturated heterocycles. The van der Waals surface area contributed by atoms with Gasteiger partial charge in [0.25, 0.3) is 0 Å². The standard InChI is InChI=1S/C5H7Cl3O2/c1-3(4(9)10)2-5(6,7)8/h3H,2H2,1H3,(H,9,10). The third-order valence-electron chi connectivity index (χ3n) is 0.959. The summed E-state index contributed by atoms with van der Waals surface area (Å²) in [5.41, 5.74) is 0. The van der Waals surface area contributed by atoms with Crippen LogP contribution in [-0.2, 0) is 4.79 Å². The van der Waals surface area contributed by atoms with Gasteiger partial charge in [-0.1, -0.05) is 41.7 Å². The van der Waals surface area contributed by atoms with Gasteiger partial charge in [-0.05, 0) is 0 Å². The van der Waals surface area contributed by atoms with E-state index in [1.807, 2.05) is 0 Å². The summed E-state index contributed by atoms with van der Waals surface area (Å²) < 4.78 is -1.46. The average molecular weight is 205 g/mol. The molecule has 0 heterocycles. The Morgan fingerprint density at radius 3 is 2.10 bits per heavy atom. The van der Waals surface area contributed by atoms with Gasteiger partial charge in [0.15, 0.2) is 3.79 Å². The van der Waals surface area contributed by atoms with Gasteiger partial charge < -0.3 is 5.11 Å². The molecule has 0 aromatic rings. The summed E-state index contributed by atoms with van der Waals surface area (Å²) in [6.07, 6.45) is 0.0347. The van der Waals surface area contributed by atoms with Gasteiger partial charge in [-0.3, -0.25) is 4.79 Å². The van der Waals surface area contributed by atoms with Crippen molar-refractivity contribution in [3.8, 4) is 0 Å². The Morgan fingerprint density at radius 1 is 1.60 bits per heavy atom.